The largest absolute Gasteiger partial charge is 0.388 e. The number of aliphatic hydroxyl groups is 1. The molecule has 1 aliphatic heterocycles. The maximum atomic E-state index is 14.3. The van der Waals surface area contributed by atoms with E-state index in [0.29, 0.717) is 44.7 Å². The Bertz CT molecular complexity index is 643. The molecule has 3 rings (SSSR count). The molecule has 5 heteroatoms. The van der Waals surface area contributed by atoms with Crippen LogP contribution in [0.25, 0.3) is 11.1 Å². The van der Waals surface area contributed by atoms with Crippen molar-refractivity contribution in [2.45, 2.75) is 25.0 Å². The Hall–Kier alpha value is -1.82. The molecular formula is C18H21FN2O2. The molecule has 1 fully saturated rings. The maximum Gasteiger partial charge on any atom is 0.128 e. The number of nitrogens with zero attached hydrogens (tertiary/aromatic N) is 1. The van der Waals surface area contributed by atoms with Crippen molar-refractivity contribution < 1.29 is 14.2 Å². The van der Waals surface area contributed by atoms with Crippen LogP contribution < -0.4 is 5.32 Å². The molecule has 0 amide bonds. The van der Waals surface area contributed by atoms with Gasteiger partial charge in [0.15, 0.2) is 0 Å². The number of nitrogens with one attached hydrogen (secondary N) is 1. The van der Waals surface area contributed by atoms with E-state index in [1.807, 2.05) is 18.2 Å². The highest BCUT2D eigenvalue weighted by Crippen LogP contribution is 2.22. The average molecular weight is 316 g/mol. The zero-order valence-corrected chi connectivity index (χ0v) is 13.0. The van der Waals surface area contributed by atoms with E-state index in [9.17, 15) is 9.50 Å². The number of hydrogen-bond acceptors (Lipinski definition) is 4. The van der Waals surface area contributed by atoms with Crippen LogP contribution in [0.1, 0.15) is 18.4 Å². The van der Waals surface area contributed by atoms with Gasteiger partial charge < -0.3 is 15.2 Å². The third-order valence-corrected chi connectivity index (χ3v) is 4.26. The fourth-order valence-electron chi connectivity index (χ4n) is 2.77. The molecule has 2 N–H and O–H groups in total. The minimum Gasteiger partial charge on any atom is -0.388 e. The van der Waals surface area contributed by atoms with Crippen molar-refractivity contribution in [2.24, 2.45) is 0 Å². The fourth-order valence-corrected chi connectivity index (χ4v) is 2.77. The van der Waals surface area contributed by atoms with Crippen molar-refractivity contribution in [3.63, 3.8) is 0 Å². The molecule has 1 aromatic carbocycles. The van der Waals surface area contributed by atoms with Crippen molar-refractivity contribution >= 4 is 0 Å². The van der Waals surface area contributed by atoms with Gasteiger partial charge >= 0.3 is 0 Å². The summed E-state index contributed by atoms with van der Waals surface area (Å²) in [5.41, 5.74) is 1.62. The summed E-state index contributed by atoms with van der Waals surface area (Å²) in [6, 6.07) is 8.93. The third kappa shape index (κ3) is 4.13. The van der Waals surface area contributed by atoms with Crippen LogP contribution in [-0.4, -0.2) is 35.5 Å². The molecule has 2 aromatic rings. The molecular weight excluding hydrogens is 295 g/mol. The Morgan fingerprint density at radius 3 is 2.57 bits per heavy atom. The lowest BCUT2D eigenvalue weighted by Crippen LogP contribution is -2.44. The highest BCUT2D eigenvalue weighted by Gasteiger charge is 2.29. The fraction of sp³-hybridized carbons (Fsp3) is 0.389. The first-order valence-corrected chi connectivity index (χ1v) is 7.86. The maximum absolute atomic E-state index is 14.3. The van der Waals surface area contributed by atoms with Gasteiger partial charge in [0, 0.05) is 57.1 Å². The van der Waals surface area contributed by atoms with E-state index >= 15 is 0 Å². The van der Waals surface area contributed by atoms with Crippen LogP contribution in [0.2, 0.25) is 0 Å². The van der Waals surface area contributed by atoms with Crippen LogP contribution in [0.3, 0.4) is 0 Å². The number of pyridine rings is 1. The third-order valence-electron chi connectivity index (χ3n) is 4.26. The van der Waals surface area contributed by atoms with Crippen molar-refractivity contribution in [3.05, 3.63) is 54.1 Å². The van der Waals surface area contributed by atoms with Crippen molar-refractivity contribution in [1.82, 2.24) is 10.3 Å². The topological polar surface area (TPSA) is 54.4 Å². The van der Waals surface area contributed by atoms with Crippen LogP contribution >= 0.6 is 0 Å². The molecule has 1 aliphatic rings. The molecule has 2 heterocycles. The van der Waals surface area contributed by atoms with Gasteiger partial charge in [0.05, 0.1) is 5.60 Å². The van der Waals surface area contributed by atoms with Gasteiger partial charge in [-0.2, -0.15) is 0 Å². The van der Waals surface area contributed by atoms with Gasteiger partial charge in [-0.15, -0.1) is 0 Å². The number of benzene rings is 1. The van der Waals surface area contributed by atoms with Gasteiger partial charge in [0.25, 0.3) is 0 Å². The smallest absolute Gasteiger partial charge is 0.128 e. The molecule has 0 bridgehead atoms. The summed E-state index contributed by atoms with van der Waals surface area (Å²) >= 11 is 0. The van der Waals surface area contributed by atoms with Gasteiger partial charge in [0.2, 0.25) is 0 Å². The number of ether oxygens (including phenoxy) is 1. The van der Waals surface area contributed by atoms with Gasteiger partial charge in [-0.25, -0.2) is 4.39 Å². The van der Waals surface area contributed by atoms with E-state index in [2.05, 4.69) is 10.3 Å². The predicted molar refractivity (Wildman–Crippen MR) is 86.3 cm³/mol. The quantitative estimate of drug-likeness (QED) is 0.890. The number of aromatic nitrogens is 1. The first kappa shape index (κ1) is 16.1. The summed E-state index contributed by atoms with van der Waals surface area (Å²) in [4.78, 5) is 3.97. The molecule has 23 heavy (non-hydrogen) atoms. The summed E-state index contributed by atoms with van der Waals surface area (Å²) in [6.07, 6.45) is 4.61. The number of hydrogen-bond donors (Lipinski definition) is 2. The summed E-state index contributed by atoms with van der Waals surface area (Å²) in [5, 5.41) is 13.5. The SMILES string of the molecule is OC1(CNCc2ccc(-c3ccncc3)cc2F)CCOCC1. The van der Waals surface area contributed by atoms with E-state index in [0.717, 1.165) is 11.1 Å². The molecule has 0 aliphatic carbocycles. The Morgan fingerprint density at radius 1 is 1.13 bits per heavy atom. The lowest BCUT2D eigenvalue weighted by molar-refractivity contribution is -0.0617. The van der Waals surface area contributed by atoms with E-state index < -0.39 is 5.60 Å². The lowest BCUT2D eigenvalue weighted by atomic mass is 9.94. The second kappa shape index (κ2) is 7.17. The molecule has 0 unspecified atom stereocenters. The zero-order chi connectivity index (χ0) is 16.1. The number of halogens is 1. The highest BCUT2D eigenvalue weighted by atomic mass is 19.1. The van der Waals surface area contributed by atoms with E-state index in [-0.39, 0.29) is 5.82 Å². The summed E-state index contributed by atoms with van der Waals surface area (Å²) < 4.78 is 19.5. The summed E-state index contributed by atoms with van der Waals surface area (Å²) in [7, 11) is 0. The van der Waals surface area contributed by atoms with Gasteiger partial charge in [-0.1, -0.05) is 12.1 Å². The van der Waals surface area contributed by atoms with Crippen molar-refractivity contribution in [1.29, 1.82) is 0 Å². The minimum atomic E-state index is -0.744. The summed E-state index contributed by atoms with van der Waals surface area (Å²) in [6.45, 7) is 1.99. The summed E-state index contributed by atoms with van der Waals surface area (Å²) in [5.74, 6) is -0.245. The van der Waals surface area contributed by atoms with Gasteiger partial charge in [-0.05, 0) is 29.3 Å². The standard InChI is InChI=1S/C18H21FN2O2/c19-17-11-15(14-3-7-20-8-4-14)1-2-16(17)12-21-13-18(22)5-9-23-10-6-18/h1-4,7-8,11,21-22H,5-6,9-10,12-13H2. The first-order chi connectivity index (χ1) is 11.2. The highest BCUT2D eigenvalue weighted by molar-refractivity contribution is 5.63. The molecule has 1 saturated heterocycles. The molecule has 122 valence electrons. The second-order valence-corrected chi connectivity index (χ2v) is 5.98. The molecule has 0 atom stereocenters. The lowest BCUT2D eigenvalue weighted by Gasteiger charge is -2.32. The van der Waals surface area contributed by atoms with E-state index in [1.165, 1.54) is 6.07 Å². The van der Waals surface area contributed by atoms with Gasteiger partial charge in [-0.3, -0.25) is 4.98 Å². The van der Waals surface area contributed by atoms with E-state index in [4.69, 9.17) is 4.74 Å². The Morgan fingerprint density at radius 2 is 1.87 bits per heavy atom. The predicted octanol–water partition coefficient (Wildman–Crippen LogP) is 2.52. The Kier molecular flexibility index (Phi) is 5.00. The normalized spacial score (nSPS) is 17.1. The van der Waals surface area contributed by atoms with Crippen LogP contribution in [-0.2, 0) is 11.3 Å². The molecule has 4 nitrogen and oxygen atoms in total. The van der Waals surface area contributed by atoms with Crippen LogP contribution in [0, 0.1) is 5.82 Å². The van der Waals surface area contributed by atoms with E-state index in [1.54, 1.807) is 18.5 Å². The van der Waals surface area contributed by atoms with Crippen molar-refractivity contribution in [3.8, 4) is 11.1 Å². The molecule has 1 aromatic heterocycles. The van der Waals surface area contributed by atoms with Crippen molar-refractivity contribution in [2.75, 3.05) is 19.8 Å². The molecule has 0 radical (unpaired) electrons. The zero-order valence-electron chi connectivity index (χ0n) is 13.0. The molecule has 0 spiro atoms. The Labute approximate surface area is 135 Å². The van der Waals surface area contributed by atoms with Gasteiger partial charge in [0.1, 0.15) is 5.82 Å². The minimum absolute atomic E-state index is 0.245. The monoisotopic (exact) mass is 316 g/mol. The van der Waals surface area contributed by atoms with Crippen LogP contribution in [0.4, 0.5) is 4.39 Å². The molecule has 0 saturated carbocycles. The average Bonchev–Trinajstić information content (AvgIpc) is 2.58. The first-order valence-electron chi connectivity index (χ1n) is 7.86. The van der Waals surface area contributed by atoms with Crippen LogP contribution in [0.15, 0.2) is 42.7 Å². The Balaban J connectivity index is 1.60. The number of rotatable bonds is 5. The second-order valence-electron chi connectivity index (χ2n) is 5.98. The van der Waals surface area contributed by atoms with Crippen LogP contribution in [0.5, 0.6) is 0 Å².